The number of hydrogen-bond donors (Lipinski definition) is 2. The first-order chi connectivity index (χ1) is 15.9. The van der Waals surface area contributed by atoms with Crippen LogP contribution in [0.5, 0.6) is 11.5 Å². The molecule has 2 aromatic carbocycles. The van der Waals surface area contributed by atoms with Crippen LogP contribution in [-0.4, -0.2) is 50.5 Å². The Bertz CT molecular complexity index is 1110. The molecular weight excluding hydrogens is 446 g/mol. The second-order valence-electron chi connectivity index (χ2n) is 7.99. The van der Waals surface area contributed by atoms with Gasteiger partial charge in [0.2, 0.25) is 16.8 Å². The minimum Gasteiger partial charge on any atom is -0.454 e. The van der Waals surface area contributed by atoms with E-state index in [0.29, 0.717) is 24.5 Å². The lowest BCUT2D eigenvalue weighted by atomic mass is 10.0. The van der Waals surface area contributed by atoms with Crippen LogP contribution in [0.1, 0.15) is 31.2 Å². The summed E-state index contributed by atoms with van der Waals surface area (Å²) in [7, 11) is -3.60. The highest BCUT2D eigenvalue weighted by atomic mass is 32.2. The van der Waals surface area contributed by atoms with Crippen molar-refractivity contribution in [2.45, 2.75) is 43.2 Å². The predicted molar refractivity (Wildman–Crippen MR) is 120 cm³/mol. The third-order valence-electron chi connectivity index (χ3n) is 5.78. The van der Waals surface area contributed by atoms with E-state index in [1.807, 2.05) is 0 Å². The molecule has 10 heteroatoms. The molecule has 1 fully saturated rings. The minimum atomic E-state index is -3.60. The van der Waals surface area contributed by atoms with Crippen molar-refractivity contribution in [3.8, 4) is 11.5 Å². The zero-order valence-corrected chi connectivity index (χ0v) is 19.0. The molecule has 2 heterocycles. The number of nitrogens with zero attached hydrogens (tertiary/aromatic N) is 1. The Morgan fingerprint density at radius 3 is 2.55 bits per heavy atom. The van der Waals surface area contributed by atoms with Crippen molar-refractivity contribution in [1.29, 1.82) is 0 Å². The van der Waals surface area contributed by atoms with Crippen LogP contribution >= 0.6 is 0 Å². The van der Waals surface area contributed by atoms with E-state index in [0.717, 1.165) is 24.8 Å². The maximum absolute atomic E-state index is 13.1. The molecular formula is C23H27N3O6S. The molecule has 1 atom stereocenters. The van der Waals surface area contributed by atoms with Crippen LogP contribution in [0.4, 0.5) is 0 Å². The quantitative estimate of drug-likeness (QED) is 0.593. The van der Waals surface area contributed by atoms with Gasteiger partial charge in [0.1, 0.15) is 0 Å². The molecule has 1 saturated heterocycles. The van der Waals surface area contributed by atoms with Crippen molar-refractivity contribution in [2.24, 2.45) is 0 Å². The van der Waals surface area contributed by atoms with E-state index in [4.69, 9.17) is 9.47 Å². The summed E-state index contributed by atoms with van der Waals surface area (Å²) in [6.45, 7) is 1.00. The van der Waals surface area contributed by atoms with Crippen LogP contribution in [-0.2, 0) is 26.2 Å². The fourth-order valence-corrected chi connectivity index (χ4v) is 5.80. The number of carbonyl (C=O) groups excluding carboxylic acids is 2. The van der Waals surface area contributed by atoms with Crippen LogP contribution in [0, 0.1) is 0 Å². The van der Waals surface area contributed by atoms with Gasteiger partial charge in [0.05, 0.1) is 4.90 Å². The Kier molecular flexibility index (Phi) is 7.14. The largest absolute Gasteiger partial charge is 0.454 e. The fraction of sp³-hybridized carbons (Fsp3) is 0.391. The zero-order chi connectivity index (χ0) is 23.3. The normalized spacial score (nSPS) is 18.0. The average Bonchev–Trinajstić information content (AvgIpc) is 3.31. The van der Waals surface area contributed by atoms with E-state index in [2.05, 4.69) is 10.6 Å². The third kappa shape index (κ3) is 5.45. The lowest BCUT2D eigenvalue weighted by Crippen LogP contribution is -2.46. The Balaban J connectivity index is 1.26. The monoisotopic (exact) mass is 473 g/mol. The lowest BCUT2D eigenvalue weighted by molar-refractivity contribution is -0.139. The zero-order valence-electron chi connectivity index (χ0n) is 18.2. The van der Waals surface area contributed by atoms with E-state index in [1.165, 1.54) is 4.31 Å². The molecule has 4 rings (SSSR count). The number of carbonyl (C=O) groups is 2. The maximum Gasteiger partial charge on any atom is 0.309 e. The van der Waals surface area contributed by atoms with Crippen LogP contribution in [0.2, 0.25) is 0 Å². The molecule has 2 amide bonds. The molecule has 0 aliphatic carbocycles. The number of benzene rings is 2. The van der Waals surface area contributed by atoms with Crippen molar-refractivity contribution in [1.82, 2.24) is 14.9 Å². The van der Waals surface area contributed by atoms with Gasteiger partial charge in [-0.1, -0.05) is 30.7 Å². The molecule has 2 aromatic rings. The predicted octanol–water partition coefficient (Wildman–Crippen LogP) is 1.78. The molecule has 176 valence electrons. The number of amides is 2. The first-order valence-corrected chi connectivity index (χ1v) is 12.4. The summed E-state index contributed by atoms with van der Waals surface area (Å²) in [6, 6.07) is 13.4. The molecule has 0 spiro atoms. The molecule has 0 bridgehead atoms. The molecule has 9 nitrogen and oxygen atoms in total. The Labute approximate surface area is 193 Å². The Hall–Kier alpha value is -3.11. The average molecular weight is 474 g/mol. The van der Waals surface area contributed by atoms with Crippen molar-refractivity contribution in [2.75, 3.05) is 19.9 Å². The molecule has 33 heavy (non-hydrogen) atoms. The van der Waals surface area contributed by atoms with Gasteiger partial charge < -0.3 is 20.1 Å². The Morgan fingerprint density at radius 2 is 1.73 bits per heavy atom. The number of rotatable bonds is 7. The van der Waals surface area contributed by atoms with E-state index in [-0.39, 0.29) is 30.8 Å². The maximum atomic E-state index is 13.1. The molecule has 2 N–H and O–H groups in total. The van der Waals surface area contributed by atoms with Crippen LogP contribution in [0.25, 0.3) is 0 Å². The molecule has 2 aliphatic rings. The highest BCUT2D eigenvalue weighted by Crippen LogP contribution is 2.32. The smallest absolute Gasteiger partial charge is 0.309 e. The molecule has 2 aliphatic heterocycles. The van der Waals surface area contributed by atoms with Crippen molar-refractivity contribution in [3.05, 3.63) is 54.1 Å². The van der Waals surface area contributed by atoms with Gasteiger partial charge in [-0.15, -0.1) is 0 Å². The van der Waals surface area contributed by atoms with Gasteiger partial charge in [0.15, 0.2) is 11.5 Å². The van der Waals surface area contributed by atoms with Crippen LogP contribution in [0.15, 0.2) is 53.4 Å². The van der Waals surface area contributed by atoms with Gasteiger partial charge in [-0.2, -0.15) is 4.31 Å². The molecule has 0 aromatic heterocycles. The molecule has 0 saturated carbocycles. The SMILES string of the molecule is O=C(NCCC1CCCCN1S(=O)(=O)c1ccccc1)C(=O)NCc1ccc2c(c1)OCO2. The van der Waals surface area contributed by atoms with Crippen molar-refractivity contribution < 1.29 is 27.5 Å². The van der Waals surface area contributed by atoms with Gasteiger partial charge in [0, 0.05) is 25.7 Å². The highest BCUT2D eigenvalue weighted by molar-refractivity contribution is 7.89. The lowest BCUT2D eigenvalue weighted by Gasteiger charge is -2.34. The minimum absolute atomic E-state index is 0.165. The molecule has 1 unspecified atom stereocenters. The van der Waals surface area contributed by atoms with Gasteiger partial charge >= 0.3 is 11.8 Å². The standard InChI is InChI=1S/C23H27N3O6S/c27-22(23(28)25-15-17-9-10-20-21(14-17)32-16-31-20)24-12-11-18-6-4-5-13-26(18)33(29,30)19-7-2-1-3-8-19/h1-3,7-10,14,18H,4-6,11-13,15-16H2,(H,24,27)(H,25,28). The number of hydrogen-bond acceptors (Lipinski definition) is 6. The summed E-state index contributed by atoms with van der Waals surface area (Å²) >= 11 is 0. The van der Waals surface area contributed by atoms with E-state index in [9.17, 15) is 18.0 Å². The number of sulfonamides is 1. The highest BCUT2D eigenvalue weighted by Gasteiger charge is 2.33. The van der Waals surface area contributed by atoms with Gasteiger partial charge in [-0.05, 0) is 49.1 Å². The van der Waals surface area contributed by atoms with Gasteiger partial charge in [-0.3, -0.25) is 9.59 Å². The summed E-state index contributed by atoms with van der Waals surface area (Å²) in [5, 5.41) is 5.18. The summed E-state index contributed by atoms with van der Waals surface area (Å²) in [5.74, 6) is -0.239. The molecule has 0 radical (unpaired) electrons. The topological polar surface area (TPSA) is 114 Å². The van der Waals surface area contributed by atoms with E-state index < -0.39 is 21.8 Å². The van der Waals surface area contributed by atoms with Crippen LogP contribution in [0.3, 0.4) is 0 Å². The number of ether oxygens (including phenoxy) is 2. The van der Waals surface area contributed by atoms with Gasteiger partial charge in [-0.25, -0.2) is 8.42 Å². The number of fused-ring (bicyclic) bond motifs is 1. The third-order valence-corrected chi connectivity index (χ3v) is 7.75. The summed E-state index contributed by atoms with van der Waals surface area (Å²) in [4.78, 5) is 24.6. The van der Waals surface area contributed by atoms with E-state index in [1.54, 1.807) is 48.5 Å². The van der Waals surface area contributed by atoms with Gasteiger partial charge in [0.25, 0.3) is 0 Å². The van der Waals surface area contributed by atoms with E-state index >= 15 is 0 Å². The number of piperidine rings is 1. The summed E-state index contributed by atoms with van der Waals surface area (Å²) in [6.07, 6.45) is 2.89. The Morgan fingerprint density at radius 1 is 0.970 bits per heavy atom. The van der Waals surface area contributed by atoms with Crippen LogP contribution < -0.4 is 20.1 Å². The second-order valence-corrected chi connectivity index (χ2v) is 9.88. The first kappa shape index (κ1) is 23.1. The summed E-state index contributed by atoms with van der Waals surface area (Å²) in [5.41, 5.74) is 0.782. The fourth-order valence-electron chi connectivity index (χ4n) is 4.05. The van der Waals surface area contributed by atoms with Crippen molar-refractivity contribution in [3.63, 3.8) is 0 Å². The number of nitrogens with one attached hydrogen (secondary N) is 2. The summed E-state index contributed by atoms with van der Waals surface area (Å²) < 4.78 is 38.2. The van der Waals surface area contributed by atoms with Crippen molar-refractivity contribution >= 4 is 21.8 Å². The second kappa shape index (κ2) is 10.2. The first-order valence-electron chi connectivity index (χ1n) is 11.0.